The van der Waals surface area contributed by atoms with Crippen LogP contribution < -0.4 is 10.1 Å². The third-order valence-electron chi connectivity index (χ3n) is 3.84. The Morgan fingerprint density at radius 3 is 2.29 bits per heavy atom. The van der Waals surface area contributed by atoms with E-state index >= 15 is 0 Å². The van der Waals surface area contributed by atoms with Gasteiger partial charge in [0.1, 0.15) is 11.5 Å². The molecule has 0 aliphatic carbocycles. The molecule has 2 N–H and O–H groups in total. The first-order chi connectivity index (χ1) is 11.5. The molecule has 2 aromatic carbocycles. The van der Waals surface area contributed by atoms with Gasteiger partial charge in [-0.3, -0.25) is 9.59 Å². The number of hydrogen-bond donors (Lipinski definition) is 2. The standard InChI is InChI=1S/C18H14ClNO4/c1-24-13-8-4-11(5-9-13)16(21)14-15(20-18(23)17(14)22)10-2-6-12(19)7-3-10/h2-9,15,21H,1H3,(H,20,23)/t15-/m0/s1. The summed E-state index contributed by atoms with van der Waals surface area (Å²) in [7, 11) is 1.53. The zero-order valence-electron chi connectivity index (χ0n) is 12.7. The number of Topliss-reactive ketones (excluding diaryl/α,β-unsaturated/α-hetero) is 1. The average Bonchev–Trinajstić information content (AvgIpc) is 2.90. The number of halogens is 1. The molecule has 1 saturated heterocycles. The van der Waals surface area contributed by atoms with Gasteiger partial charge in [0, 0.05) is 10.6 Å². The maximum atomic E-state index is 12.2. The lowest BCUT2D eigenvalue weighted by atomic mass is 9.96. The van der Waals surface area contributed by atoms with Crippen molar-refractivity contribution >= 4 is 29.1 Å². The van der Waals surface area contributed by atoms with Crippen LogP contribution in [0.3, 0.4) is 0 Å². The van der Waals surface area contributed by atoms with Crippen molar-refractivity contribution in [2.45, 2.75) is 6.04 Å². The van der Waals surface area contributed by atoms with E-state index < -0.39 is 17.7 Å². The highest BCUT2D eigenvalue weighted by Crippen LogP contribution is 2.33. The topological polar surface area (TPSA) is 75.6 Å². The summed E-state index contributed by atoms with van der Waals surface area (Å²) in [4.78, 5) is 24.0. The van der Waals surface area contributed by atoms with Crippen LogP contribution in [0.4, 0.5) is 0 Å². The van der Waals surface area contributed by atoms with Gasteiger partial charge in [-0.1, -0.05) is 23.7 Å². The van der Waals surface area contributed by atoms with Crippen LogP contribution in [0.2, 0.25) is 5.02 Å². The summed E-state index contributed by atoms with van der Waals surface area (Å²) in [6, 6.07) is 12.6. The molecule has 1 heterocycles. The Kier molecular flexibility index (Phi) is 4.27. The highest BCUT2D eigenvalue weighted by molar-refractivity contribution is 6.46. The van der Waals surface area contributed by atoms with Gasteiger partial charge in [-0.2, -0.15) is 0 Å². The molecular formula is C18H14ClNO4. The largest absolute Gasteiger partial charge is 0.507 e. The minimum atomic E-state index is -0.747. The van der Waals surface area contributed by atoms with E-state index in [4.69, 9.17) is 16.3 Å². The van der Waals surface area contributed by atoms with Crippen molar-refractivity contribution in [3.05, 3.63) is 70.3 Å². The highest BCUT2D eigenvalue weighted by Gasteiger charge is 2.39. The number of carbonyl (C=O) groups is 2. The second kappa shape index (κ2) is 6.37. The lowest BCUT2D eigenvalue weighted by Gasteiger charge is -2.14. The van der Waals surface area contributed by atoms with Crippen LogP contribution in [-0.2, 0) is 9.59 Å². The normalized spacial score (nSPS) is 19.2. The van der Waals surface area contributed by atoms with Crippen LogP contribution in [0.15, 0.2) is 54.1 Å². The predicted octanol–water partition coefficient (Wildman–Crippen LogP) is 3.06. The summed E-state index contributed by atoms with van der Waals surface area (Å²) in [5.74, 6) is -1.10. The number of rotatable bonds is 3. The fourth-order valence-electron chi connectivity index (χ4n) is 2.58. The van der Waals surface area contributed by atoms with Gasteiger partial charge in [0.25, 0.3) is 11.7 Å². The van der Waals surface area contributed by atoms with Crippen LogP contribution >= 0.6 is 11.6 Å². The molecule has 6 heteroatoms. The number of aliphatic hydroxyl groups excluding tert-OH is 1. The fourth-order valence-corrected chi connectivity index (χ4v) is 2.70. The van der Waals surface area contributed by atoms with Crippen molar-refractivity contribution in [2.75, 3.05) is 7.11 Å². The summed E-state index contributed by atoms with van der Waals surface area (Å²) in [5, 5.41) is 13.7. The zero-order chi connectivity index (χ0) is 17.3. The first kappa shape index (κ1) is 16.1. The summed E-state index contributed by atoms with van der Waals surface area (Å²) < 4.78 is 5.07. The van der Waals surface area contributed by atoms with Crippen LogP contribution in [0.5, 0.6) is 5.75 Å². The zero-order valence-corrected chi connectivity index (χ0v) is 13.5. The molecule has 1 aliphatic rings. The van der Waals surface area contributed by atoms with Crippen LogP contribution in [-0.4, -0.2) is 23.9 Å². The van der Waals surface area contributed by atoms with Crippen molar-refractivity contribution in [2.24, 2.45) is 0 Å². The number of amides is 1. The molecule has 2 aromatic rings. The number of ether oxygens (including phenoxy) is 1. The molecule has 1 amide bonds. The number of carbonyl (C=O) groups excluding carboxylic acids is 2. The van der Waals surface area contributed by atoms with Crippen molar-refractivity contribution in [1.82, 2.24) is 5.32 Å². The van der Waals surface area contributed by atoms with Crippen molar-refractivity contribution in [3.8, 4) is 5.75 Å². The molecule has 1 fully saturated rings. The third-order valence-corrected chi connectivity index (χ3v) is 4.09. The molecule has 0 aromatic heterocycles. The number of benzene rings is 2. The predicted molar refractivity (Wildman–Crippen MR) is 89.9 cm³/mol. The quantitative estimate of drug-likeness (QED) is 0.510. The number of hydrogen-bond acceptors (Lipinski definition) is 4. The average molecular weight is 344 g/mol. The van der Waals surface area contributed by atoms with Crippen LogP contribution in [0, 0.1) is 0 Å². The number of aliphatic hydroxyl groups is 1. The van der Waals surface area contributed by atoms with E-state index in [1.807, 2.05) is 0 Å². The smallest absolute Gasteiger partial charge is 0.293 e. The second-order valence-electron chi connectivity index (χ2n) is 5.28. The van der Waals surface area contributed by atoms with E-state index in [9.17, 15) is 14.7 Å². The second-order valence-corrected chi connectivity index (χ2v) is 5.71. The van der Waals surface area contributed by atoms with Crippen molar-refractivity contribution < 1.29 is 19.4 Å². The van der Waals surface area contributed by atoms with E-state index in [1.165, 1.54) is 7.11 Å². The van der Waals surface area contributed by atoms with Gasteiger partial charge in [0.05, 0.1) is 18.7 Å². The van der Waals surface area contributed by atoms with E-state index in [2.05, 4.69) is 5.32 Å². The van der Waals surface area contributed by atoms with E-state index in [-0.39, 0.29) is 11.3 Å². The Hall–Kier alpha value is -2.79. The Bertz CT molecular complexity index is 825. The van der Waals surface area contributed by atoms with Gasteiger partial charge in [-0.15, -0.1) is 0 Å². The molecule has 1 aliphatic heterocycles. The van der Waals surface area contributed by atoms with Gasteiger partial charge in [0.2, 0.25) is 0 Å². The molecular weight excluding hydrogens is 330 g/mol. The van der Waals surface area contributed by atoms with Gasteiger partial charge in [-0.25, -0.2) is 0 Å². The fraction of sp³-hybridized carbons (Fsp3) is 0.111. The number of ketones is 1. The van der Waals surface area contributed by atoms with E-state index in [0.717, 1.165) is 0 Å². The monoisotopic (exact) mass is 343 g/mol. The molecule has 24 heavy (non-hydrogen) atoms. The Morgan fingerprint density at radius 2 is 1.71 bits per heavy atom. The minimum Gasteiger partial charge on any atom is -0.507 e. The Balaban J connectivity index is 2.07. The lowest BCUT2D eigenvalue weighted by molar-refractivity contribution is -0.133. The molecule has 5 nitrogen and oxygen atoms in total. The van der Waals surface area contributed by atoms with Gasteiger partial charge < -0.3 is 15.2 Å². The van der Waals surface area contributed by atoms with Crippen LogP contribution in [0.1, 0.15) is 17.2 Å². The molecule has 0 unspecified atom stereocenters. The summed E-state index contributed by atoms with van der Waals surface area (Å²) in [6.07, 6.45) is 0. The summed E-state index contributed by atoms with van der Waals surface area (Å²) >= 11 is 5.87. The molecule has 0 bridgehead atoms. The Labute approximate surface area is 143 Å². The highest BCUT2D eigenvalue weighted by atomic mass is 35.5. The maximum Gasteiger partial charge on any atom is 0.293 e. The first-order valence-electron chi connectivity index (χ1n) is 7.19. The summed E-state index contributed by atoms with van der Waals surface area (Å²) in [5.41, 5.74) is 1.11. The van der Waals surface area contributed by atoms with Gasteiger partial charge in [0.15, 0.2) is 0 Å². The third kappa shape index (κ3) is 2.86. The maximum absolute atomic E-state index is 12.2. The molecule has 0 saturated carbocycles. The number of nitrogens with one attached hydrogen (secondary N) is 1. The molecule has 1 atom stereocenters. The van der Waals surface area contributed by atoms with Gasteiger partial charge >= 0.3 is 0 Å². The van der Waals surface area contributed by atoms with Crippen LogP contribution in [0.25, 0.3) is 5.76 Å². The first-order valence-corrected chi connectivity index (χ1v) is 7.57. The summed E-state index contributed by atoms with van der Waals surface area (Å²) in [6.45, 7) is 0. The molecule has 122 valence electrons. The SMILES string of the molecule is COc1ccc(C(O)=C2C(=O)C(=O)N[C@H]2c2ccc(Cl)cc2)cc1. The van der Waals surface area contributed by atoms with Gasteiger partial charge in [-0.05, 0) is 42.0 Å². The molecule has 3 rings (SSSR count). The number of methoxy groups -OCH3 is 1. The Morgan fingerprint density at radius 1 is 1.08 bits per heavy atom. The van der Waals surface area contributed by atoms with E-state index in [1.54, 1.807) is 48.5 Å². The van der Waals surface area contributed by atoms with Crippen molar-refractivity contribution in [3.63, 3.8) is 0 Å². The molecule has 0 radical (unpaired) electrons. The van der Waals surface area contributed by atoms with E-state index in [0.29, 0.717) is 21.9 Å². The molecule has 0 spiro atoms. The van der Waals surface area contributed by atoms with Crippen molar-refractivity contribution in [1.29, 1.82) is 0 Å². The minimum absolute atomic E-state index is 0.0208. The lowest BCUT2D eigenvalue weighted by Crippen LogP contribution is -2.21.